The van der Waals surface area contributed by atoms with E-state index in [0.29, 0.717) is 12.0 Å². The first-order chi connectivity index (χ1) is 5.65. The molecule has 1 rings (SSSR count). The number of thiol groups is 1. The van der Waals surface area contributed by atoms with Gasteiger partial charge < -0.3 is 0 Å². The highest BCUT2D eigenvalue weighted by molar-refractivity contribution is 7.80. The van der Waals surface area contributed by atoms with E-state index < -0.39 is 5.82 Å². The van der Waals surface area contributed by atoms with Crippen LogP contribution in [0.15, 0.2) is 23.1 Å². The normalized spacial score (nSPS) is 9.92. The summed E-state index contributed by atoms with van der Waals surface area (Å²) < 4.78 is 12.8. The van der Waals surface area contributed by atoms with Crippen molar-refractivity contribution < 1.29 is 9.18 Å². The monoisotopic (exact) mass is 184 g/mol. The van der Waals surface area contributed by atoms with Crippen LogP contribution in [0.3, 0.4) is 0 Å². The minimum absolute atomic E-state index is 0.0535. The van der Waals surface area contributed by atoms with Crippen molar-refractivity contribution in [2.45, 2.75) is 18.2 Å². The first-order valence-electron chi connectivity index (χ1n) is 3.67. The summed E-state index contributed by atoms with van der Waals surface area (Å²) in [5, 5.41) is 0. The second kappa shape index (κ2) is 3.72. The molecule has 1 aromatic carbocycles. The average Bonchev–Trinajstić information content (AvgIpc) is 2.08. The third kappa shape index (κ3) is 1.85. The molecule has 0 spiro atoms. The smallest absolute Gasteiger partial charge is 0.162 e. The number of rotatable bonds is 2. The Bertz CT molecular complexity index is 309. The highest BCUT2D eigenvalue weighted by Crippen LogP contribution is 2.14. The second-order valence-electron chi connectivity index (χ2n) is 2.44. The molecule has 0 saturated heterocycles. The summed E-state index contributed by atoms with van der Waals surface area (Å²) in [5.41, 5.74) is 0.410. The Morgan fingerprint density at radius 1 is 1.58 bits per heavy atom. The van der Waals surface area contributed by atoms with Crippen molar-refractivity contribution in [2.24, 2.45) is 0 Å². The van der Waals surface area contributed by atoms with E-state index in [0.717, 1.165) is 0 Å². The number of Topliss-reactive ketones (excluding diaryl/α,β-unsaturated/α-hetero) is 1. The van der Waals surface area contributed by atoms with Crippen LogP contribution in [0.2, 0.25) is 0 Å². The molecule has 0 saturated carbocycles. The van der Waals surface area contributed by atoms with Crippen LogP contribution < -0.4 is 0 Å². The highest BCUT2D eigenvalue weighted by atomic mass is 32.1. The van der Waals surface area contributed by atoms with Crippen LogP contribution in [0.1, 0.15) is 23.7 Å². The van der Waals surface area contributed by atoms with Crippen LogP contribution in [0.25, 0.3) is 0 Å². The Labute approximate surface area is 76.0 Å². The summed E-state index contributed by atoms with van der Waals surface area (Å²) in [7, 11) is 0. The number of carbonyl (C=O) groups is 1. The van der Waals surface area contributed by atoms with Crippen molar-refractivity contribution in [3.05, 3.63) is 29.6 Å². The van der Waals surface area contributed by atoms with Gasteiger partial charge in [-0.15, -0.1) is 12.6 Å². The lowest BCUT2D eigenvalue weighted by molar-refractivity contribution is 0.0987. The lowest BCUT2D eigenvalue weighted by Gasteiger charge is -1.99. The molecular formula is C9H9FOS. The number of hydrogen-bond donors (Lipinski definition) is 1. The van der Waals surface area contributed by atoms with Crippen molar-refractivity contribution in [1.82, 2.24) is 0 Å². The molecule has 0 amide bonds. The number of benzene rings is 1. The Morgan fingerprint density at radius 2 is 2.25 bits per heavy atom. The van der Waals surface area contributed by atoms with Crippen molar-refractivity contribution in [3.8, 4) is 0 Å². The molecule has 0 aromatic heterocycles. The van der Waals surface area contributed by atoms with Crippen molar-refractivity contribution in [1.29, 1.82) is 0 Å². The maximum Gasteiger partial charge on any atom is 0.162 e. The molecule has 1 nitrogen and oxygen atoms in total. The van der Waals surface area contributed by atoms with Gasteiger partial charge in [0.05, 0.1) is 0 Å². The molecule has 0 bridgehead atoms. The van der Waals surface area contributed by atoms with Crippen LogP contribution in [0.5, 0.6) is 0 Å². The fraction of sp³-hybridized carbons (Fsp3) is 0.222. The molecule has 3 heteroatoms. The Hall–Kier alpha value is -0.830. The summed E-state index contributed by atoms with van der Waals surface area (Å²) in [6.45, 7) is 1.74. The summed E-state index contributed by atoms with van der Waals surface area (Å²) >= 11 is 3.86. The molecule has 0 unspecified atom stereocenters. The third-order valence-electron chi connectivity index (χ3n) is 1.59. The molecule has 0 aliphatic heterocycles. The summed E-state index contributed by atoms with van der Waals surface area (Å²) in [6.07, 6.45) is 0.394. The van der Waals surface area contributed by atoms with Gasteiger partial charge in [-0.3, -0.25) is 4.79 Å². The summed E-state index contributed by atoms with van der Waals surface area (Å²) in [6, 6.07) is 4.28. The van der Waals surface area contributed by atoms with E-state index in [-0.39, 0.29) is 10.7 Å². The Kier molecular flexibility index (Phi) is 2.87. The van der Waals surface area contributed by atoms with Crippen LogP contribution in [-0.4, -0.2) is 5.78 Å². The lowest BCUT2D eigenvalue weighted by atomic mass is 10.1. The zero-order chi connectivity index (χ0) is 9.14. The zero-order valence-corrected chi connectivity index (χ0v) is 7.57. The van der Waals surface area contributed by atoms with Gasteiger partial charge in [-0.05, 0) is 12.1 Å². The Balaban J connectivity index is 3.05. The van der Waals surface area contributed by atoms with E-state index in [1.54, 1.807) is 13.0 Å². The van der Waals surface area contributed by atoms with Gasteiger partial charge >= 0.3 is 0 Å². The van der Waals surface area contributed by atoms with Gasteiger partial charge in [-0.2, -0.15) is 0 Å². The molecule has 0 aliphatic carbocycles. The van der Waals surface area contributed by atoms with Gasteiger partial charge in [0, 0.05) is 16.9 Å². The summed E-state index contributed by atoms with van der Waals surface area (Å²) in [5.74, 6) is -0.500. The largest absolute Gasteiger partial charge is 0.294 e. The third-order valence-corrected chi connectivity index (χ3v) is 1.95. The van der Waals surface area contributed by atoms with E-state index in [2.05, 4.69) is 12.6 Å². The van der Waals surface area contributed by atoms with E-state index in [1.807, 2.05) is 0 Å². The van der Waals surface area contributed by atoms with E-state index in [1.165, 1.54) is 12.1 Å². The molecule has 0 aliphatic rings. The van der Waals surface area contributed by atoms with Crippen LogP contribution >= 0.6 is 12.6 Å². The number of ketones is 1. The first-order valence-corrected chi connectivity index (χ1v) is 4.11. The maximum absolute atomic E-state index is 12.8. The Morgan fingerprint density at radius 3 is 2.75 bits per heavy atom. The van der Waals surface area contributed by atoms with Crippen molar-refractivity contribution in [3.63, 3.8) is 0 Å². The van der Waals surface area contributed by atoms with E-state index in [4.69, 9.17) is 0 Å². The quantitative estimate of drug-likeness (QED) is 0.552. The number of hydrogen-bond acceptors (Lipinski definition) is 2. The standard InChI is InChI=1S/C9H9FOS/c1-2-8(11)6-3-4-9(12)7(10)5-6/h3-5,12H,2H2,1H3. The van der Waals surface area contributed by atoms with E-state index >= 15 is 0 Å². The minimum Gasteiger partial charge on any atom is -0.294 e. The molecule has 0 atom stereocenters. The topological polar surface area (TPSA) is 17.1 Å². The molecule has 0 fully saturated rings. The van der Waals surface area contributed by atoms with Gasteiger partial charge in [-0.25, -0.2) is 4.39 Å². The molecular weight excluding hydrogens is 175 g/mol. The van der Waals surface area contributed by atoms with Gasteiger partial charge in [-0.1, -0.05) is 13.0 Å². The number of halogens is 1. The van der Waals surface area contributed by atoms with Crippen molar-refractivity contribution >= 4 is 18.4 Å². The fourth-order valence-corrected chi connectivity index (χ4v) is 1.02. The van der Waals surface area contributed by atoms with Crippen LogP contribution in [0, 0.1) is 5.82 Å². The second-order valence-corrected chi connectivity index (χ2v) is 2.92. The van der Waals surface area contributed by atoms with Gasteiger partial charge in [0.15, 0.2) is 5.78 Å². The SMILES string of the molecule is CCC(=O)c1ccc(S)c(F)c1. The molecule has 0 N–H and O–H groups in total. The maximum atomic E-state index is 12.8. The van der Waals surface area contributed by atoms with E-state index in [9.17, 15) is 9.18 Å². The number of carbonyl (C=O) groups excluding carboxylic acids is 1. The molecule has 1 aromatic rings. The van der Waals surface area contributed by atoms with Gasteiger partial charge in [0.2, 0.25) is 0 Å². The first kappa shape index (κ1) is 9.26. The average molecular weight is 184 g/mol. The lowest BCUT2D eigenvalue weighted by Crippen LogP contribution is -1.96. The minimum atomic E-state index is -0.447. The fourth-order valence-electron chi connectivity index (χ4n) is 0.884. The van der Waals surface area contributed by atoms with Crippen molar-refractivity contribution in [2.75, 3.05) is 0 Å². The van der Waals surface area contributed by atoms with Gasteiger partial charge in [0.1, 0.15) is 5.82 Å². The predicted octanol–water partition coefficient (Wildman–Crippen LogP) is 2.71. The zero-order valence-electron chi connectivity index (χ0n) is 6.67. The molecule has 12 heavy (non-hydrogen) atoms. The highest BCUT2D eigenvalue weighted by Gasteiger charge is 2.05. The molecule has 0 heterocycles. The molecule has 0 radical (unpaired) electrons. The van der Waals surface area contributed by atoms with Gasteiger partial charge in [0.25, 0.3) is 0 Å². The predicted molar refractivity (Wildman–Crippen MR) is 48.3 cm³/mol. The summed E-state index contributed by atoms with van der Waals surface area (Å²) in [4.78, 5) is 11.4. The van der Waals surface area contributed by atoms with Crippen LogP contribution in [-0.2, 0) is 0 Å². The van der Waals surface area contributed by atoms with Crippen LogP contribution in [0.4, 0.5) is 4.39 Å². The molecule has 64 valence electrons.